The van der Waals surface area contributed by atoms with Gasteiger partial charge in [0.1, 0.15) is 6.04 Å². The molecule has 0 radical (unpaired) electrons. The highest BCUT2D eigenvalue weighted by Crippen LogP contribution is 1.97. The SMILES string of the molecule is C=CCOCC(N)C(=O)NCc1ccccc1. The number of carbonyl (C=O) groups is 1. The van der Waals surface area contributed by atoms with Crippen LogP contribution in [0.3, 0.4) is 0 Å². The molecule has 4 nitrogen and oxygen atoms in total. The minimum absolute atomic E-state index is 0.201. The number of hydrogen-bond acceptors (Lipinski definition) is 3. The number of amides is 1. The number of hydrogen-bond donors (Lipinski definition) is 2. The Morgan fingerprint density at radius 1 is 1.47 bits per heavy atom. The number of nitrogens with one attached hydrogen (secondary N) is 1. The number of nitrogens with two attached hydrogens (primary N) is 1. The minimum atomic E-state index is -0.640. The van der Waals surface area contributed by atoms with E-state index in [9.17, 15) is 4.79 Å². The third-order valence-corrected chi connectivity index (χ3v) is 2.18. The average molecular weight is 234 g/mol. The molecule has 1 atom stereocenters. The van der Waals surface area contributed by atoms with Crippen LogP contribution >= 0.6 is 0 Å². The Labute approximate surface area is 101 Å². The van der Waals surface area contributed by atoms with Crippen LogP contribution in [0.1, 0.15) is 5.56 Å². The van der Waals surface area contributed by atoms with Crippen molar-refractivity contribution in [3.8, 4) is 0 Å². The molecule has 0 aliphatic carbocycles. The summed E-state index contributed by atoms with van der Waals surface area (Å²) < 4.78 is 5.11. The second-order valence-corrected chi connectivity index (χ2v) is 3.64. The zero-order valence-corrected chi connectivity index (χ0v) is 9.76. The Hall–Kier alpha value is -1.65. The topological polar surface area (TPSA) is 64.3 Å². The Balaban J connectivity index is 2.26. The summed E-state index contributed by atoms with van der Waals surface area (Å²) in [6, 6.07) is 9.03. The molecule has 0 aromatic heterocycles. The normalized spacial score (nSPS) is 11.8. The van der Waals surface area contributed by atoms with Gasteiger partial charge in [0.25, 0.3) is 0 Å². The number of benzene rings is 1. The van der Waals surface area contributed by atoms with Crippen molar-refractivity contribution in [1.82, 2.24) is 5.32 Å². The lowest BCUT2D eigenvalue weighted by Crippen LogP contribution is -2.43. The second kappa shape index (κ2) is 7.60. The summed E-state index contributed by atoms with van der Waals surface area (Å²) in [5, 5.41) is 2.76. The van der Waals surface area contributed by atoms with Gasteiger partial charge in [-0.1, -0.05) is 36.4 Å². The van der Waals surface area contributed by atoms with Crippen molar-refractivity contribution >= 4 is 5.91 Å². The highest BCUT2D eigenvalue weighted by Gasteiger charge is 2.12. The summed E-state index contributed by atoms with van der Waals surface area (Å²) >= 11 is 0. The molecule has 0 saturated carbocycles. The molecule has 1 aromatic rings. The van der Waals surface area contributed by atoms with Crippen molar-refractivity contribution in [2.75, 3.05) is 13.2 Å². The number of ether oxygens (including phenoxy) is 1. The molecule has 0 aliphatic heterocycles. The summed E-state index contributed by atoms with van der Waals surface area (Å²) in [6.45, 7) is 4.60. The zero-order valence-electron chi connectivity index (χ0n) is 9.76. The smallest absolute Gasteiger partial charge is 0.239 e. The van der Waals surface area contributed by atoms with Crippen LogP contribution in [0.25, 0.3) is 0 Å². The van der Waals surface area contributed by atoms with Gasteiger partial charge in [0.05, 0.1) is 13.2 Å². The van der Waals surface area contributed by atoms with Gasteiger partial charge < -0.3 is 15.8 Å². The molecule has 1 unspecified atom stereocenters. The van der Waals surface area contributed by atoms with E-state index in [1.54, 1.807) is 6.08 Å². The molecule has 0 saturated heterocycles. The summed E-state index contributed by atoms with van der Waals surface area (Å²) in [4.78, 5) is 11.6. The lowest BCUT2D eigenvalue weighted by atomic mass is 10.2. The van der Waals surface area contributed by atoms with E-state index in [2.05, 4.69) is 11.9 Å². The molecule has 0 aliphatic rings. The number of carbonyl (C=O) groups excluding carboxylic acids is 1. The van der Waals surface area contributed by atoms with Crippen molar-refractivity contribution in [2.45, 2.75) is 12.6 Å². The van der Waals surface area contributed by atoms with Gasteiger partial charge in [0.15, 0.2) is 0 Å². The maximum atomic E-state index is 11.6. The molecule has 17 heavy (non-hydrogen) atoms. The maximum Gasteiger partial charge on any atom is 0.239 e. The van der Waals surface area contributed by atoms with Crippen molar-refractivity contribution in [1.29, 1.82) is 0 Å². The lowest BCUT2D eigenvalue weighted by Gasteiger charge is -2.12. The van der Waals surface area contributed by atoms with Gasteiger partial charge >= 0.3 is 0 Å². The van der Waals surface area contributed by atoms with E-state index >= 15 is 0 Å². The first-order valence-electron chi connectivity index (χ1n) is 5.50. The van der Waals surface area contributed by atoms with Crippen LogP contribution in [0, 0.1) is 0 Å². The van der Waals surface area contributed by atoms with Crippen molar-refractivity contribution in [3.05, 3.63) is 48.6 Å². The summed E-state index contributed by atoms with van der Waals surface area (Å²) in [6.07, 6.45) is 1.62. The van der Waals surface area contributed by atoms with Gasteiger partial charge in [-0.25, -0.2) is 0 Å². The van der Waals surface area contributed by atoms with Crippen LogP contribution in [-0.2, 0) is 16.1 Å². The molecule has 0 spiro atoms. The van der Waals surface area contributed by atoms with Crippen LogP contribution in [0.4, 0.5) is 0 Å². The van der Waals surface area contributed by atoms with Gasteiger partial charge in [-0.2, -0.15) is 0 Å². The highest BCUT2D eigenvalue weighted by molar-refractivity contribution is 5.81. The van der Waals surface area contributed by atoms with Crippen LogP contribution in [0.15, 0.2) is 43.0 Å². The minimum Gasteiger partial charge on any atom is -0.375 e. The molecule has 4 heteroatoms. The highest BCUT2D eigenvalue weighted by atomic mass is 16.5. The van der Waals surface area contributed by atoms with Gasteiger partial charge in [0, 0.05) is 6.54 Å². The van der Waals surface area contributed by atoms with E-state index in [-0.39, 0.29) is 12.5 Å². The average Bonchev–Trinajstić information content (AvgIpc) is 2.37. The molecule has 92 valence electrons. The van der Waals surface area contributed by atoms with E-state index in [0.717, 1.165) is 5.56 Å². The fraction of sp³-hybridized carbons (Fsp3) is 0.308. The second-order valence-electron chi connectivity index (χ2n) is 3.64. The van der Waals surface area contributed by atoms with Gasteiger partial charge in [-0.15, -0.1) is 6.58 Å². The van der Waals surface area contributed by atoms with Crippen LogP contribution < -0.4 is 11.1 Å². The van der Waals surface area contributed by atoms with E-state index in [1.807, 2.05) is 30.3 Å². The monoisotopic (exact) mass is 234 g/mol. The Morgan fingerprint density at radius 3 is 2.82 bits per heavy atom. The molecular formula is C13H18N2O2. The Kier molecular flexibility index (Phi) is 5.99. The molecular weight excluding hydrogens is 216 g/mol. The summed E-state index contributed by atoms with van der Waals surface area (Å²) in [5.41, 5.74) is 6.69. The molecule has 3 N–H and O–H groups in total. The van der Waals surface area contributed by atoms with E-state index in [1.165, 1.54) is 0 Å². The lowest BCUT2D eigenvalue weighted by molar-refractivity contribution is -0.123. The quantitative estimate of drug-likeness (QED) is 0.542. The van der Waals surface area contributed by atoms with Crippen LogP contribution in [0.2, 0.25) is 0 Å². The van der Waals surface area contributed by atoms with Crippen molar-refractivity contribution in [3.63, 3.8) is 0 Å². The summed E-state index contributed by atoms with van der Waals surface area (Å²) in [7, 11) is 0. The van der Waals surface area contributed by atoms with E-state index in [4.69, 9.17) is 10.5 Å². The fourth-order valence-electron chi connectivity index (χ4n) is 1.27. The first-order chi connectivity index (χ1) is 8.24. The van der Waals surface area contributed by atoms with Gasteiger partial charge in [0.2, 0.25) is 5.91 Å². The van der Waals surface area contributed by atoms with Gasteiger partial charge in [-0.3, -0.25) is 4.79 Å². The zero-order chi connectivity index (χ0) is 12.5. The van der Waals surface area contributed by atoms with Crippen LogP contribution in [0.5, 0.6) is 0 Å². The largest absolute Gasteiger partial charge is 0.375 e. The van der Waals surface area contributed by atoms with Gasteiger partial charge in [-0.05, 0) is 5.56 Å². The standard InChI is InChI=1S/C13H18N2O2/c1-2-8-17-10-12(14)13(16)15-9-11-6-4-3-5-7-11/h2-7,12H,1,8-10,14H2,(H,15,16). The van der Waals surface area contributed by atoms with Crippen molar-refractivity contribution < 1.29 is 9.53 Å². The number of rotatable bonds is 7. The summed E-state index contributed by atoms with van der Waals surface area (Å²) in [5.74, 6) is -0.210. The first kappa shape index (κ1) is 13.4. The molecule has 0 heterocycles. The van der Waals surface area contributed by atoms with E-state index < -0.39 is 6.04 Å². The maximum absolute atomic E-state index is 11.6. The Bertz CT molecular complexity index is 352. The van der Waals surface area contributed by atoms with Crippen LogP contribution in [-0.4, -0.2) is 25.2 Å². The third-order valence-electron chi connectivity index (χ3n) is 2.18. The molecule has 1 rings (SSSR count). The van der Waals surface area contributed by atoms with Crippen molar-refractivity contribution in [2.24, 2.45) is 5.73 Å². The predicted molar refractivity (Wildman–Crippen MR) is 67.3 cm³/mol. The van der Waals surface area contributed by atoms with E-state index in [0.29, 0.717) is 13.2 Å². The molecule has 0 bridgehead atoms. The Morgan fingerprint density at radius 2 is 2.18 bits per heavy atom. The molecule has 0 fully saturated rings. The molecule has 1 amide bonds. The first-order valence-corrected chi connectivity index (χ1v) is 5.50. The molecule has 1 aromatic carbocycles. The third kappa shape index (κ3) is 5.29. The fourth-order valence-corrected chi connectivity index (χ4v) is 1.27. The predicted octanol–water partition coefficient (Wildman–Crippen LogP) is 0.833.